The molecule has 1 atom stereocenters. The normalized spacial score (nSPS) is 12.5. The Labute approximate surface area is 181 Å². The molecule has 31 heavy (non-hydrogen) atoms. The number of benzene rings is 2. The van der Waals surface area contributed by atoms with Gasteiger partial charge in [-0.15, -0.1) is 10.2 Å². The lowest BCUT2D eigenvalue weighted by Gasteiger charge is -2.15. The van der Waals surface area contributed by atoms with Crippen LogP contribution in [0.5, 0.6) is 0 Å². The molecule has 0 spiro atoms. The molecule has 4 rings (SSSR count). The predicted molar refractivity (Wildman–Crippen MR) is 116 cm³/mol. The van der Waals surface area contributed by atoms with Gasteiger partial charge in [-0.3, -0.25) is 9.36 Å². The van der Waals surface area contributed by atoms with Crippen LogP contribution in [0.3, 0.4) is 0 Å². The molecule has 2 aromatic heterocycles. The first-order valence-electron chi connectivity index (χ1n) is 9.70. The molecule has 0 aliphatic carbocycles. The van der Waals surface area contributed by atoms with Gasteiger partial charge in [0.25, 0.3) is 0 Å². The van der Waals surface area contributed by atoms with E-state index in [-0.39, 0.29) is 11.7 Å². The Bertz CT molecular complexity index is 1220. The number of amides is 1. The Morgan fingerprint density at radius 1 is 1.10 bits per heavy atom. The summed E-state index contributed by atoms with van der Waals surface area (Å²) in [6, 6.07) is 12.6. The second-order valence-electron chi connectivity index (χ2n) is 7.29. The van der Waals surface area contributed by atoms with Gasteiger partial charge in [0.05, 0.1) is 10.9 Å². The van der Waals surface area contributed by atoms with E-state index in [9.17, 15) is 13.6 Å². The molecule has 2 heterocycles. The Hall–Kier alpha value is -3.20. The number of nitrogens with one attached hydrogen (secondary N) is 1. The van der Waals surface area contributed by atoms with Crippen LogP contribution in [0, 0.1) is 11.6 Å². The van der Waals surface area contributed by atoms with E-state index in [4.69, 9.17) is 4.42 Å². The van der Waals surface area contributed by atoms with Crippen LogP contribution in [-0.4, -0.2) is 25.9 Å². The van der Waals surface area contributed by atoms with Gasteiger partial charge in [-0.1, -0.05) is 30.0 Å². The van der Waals surface area contributed by atoms with Crippen molar-refractivity contribution in [1.29, 1.82) is 0 Å². The highest BCUT2D eigenvalue weighted by Crippen LogP contribution is 2.33. The molecule has 6 nitrogen and oxygen atoms in total. The lowest BCUT2D eigenvalue weighted by Crippen LogP contribution is -2.23. The smallest absolute Gasteiger partial charge is 0.237 e. The summed E-state index contributed by atoms with van der Waals surface area (Å²) in [5, 5.41) is 11.9. The number of aromatic nitrogens is 3. The quantitative estimate of drug-likeness (QED) is 0.390. The topological polar surface area (TPSA) is 73.0 Å². The average molecular weight is 442 g/mol. The third kappa shape index (κ3) is 4.32. The number of carbonyl (C=O) groups excluding carboxylic acids is 1. The average Bonchev–Trinajstić information content (AvgIpc) is 3.33. The Morgan fingerprint density at radius 3 is 2.58 bits per heavy atom. The number of furan rings is 1. The molecule has 1 unspecified atom stereocenters. The number of fused-ring (bicyclic) bond motifs is 1. The number of nitrogens with zero attached hydrogens (tertiary/aromatic N) is 3. The molecule has 0 aliphatic rings. The van der Waals surface area contributed by atoms with Gasteiger partial charge >= 0.3 is 0 Å². The number of halogens is 2. The van der Waals surface area contributed by atoms with Crippen molar-refractivity contribution in [2.75, 3.05) is 5.32 Å². The fourth-order valence-corrected chi connectivity index (χ4v) is 4.10. The summed E-state index contributed by atoms with van der Waals surface area (Å²) in [7, 11) is 0. The van der Waals surface area contributed by atoms with Crippen molar-refractivity contribution < 1.29 is 18.0 Å². The number of anilines is 1. The van der Waals surface area contributed by atoms with Gasteiger partial charge in [-0.05, 0) is 45.0 Å². The first kappa shape index (κ1) is 21.0. The summed E-state index contributed by atoms with van der Waals surface area (Å²) in [5.41, 5.74) is 0.672. The van der Waals surface area contributed by atoms with E-state index in [0.717, 1.165) is 23.1 Å². The molecule has 160 valence electrons. The van der Waals surface area contributed by atoms with Crippen molar-refractivity contribution >= 4 is 34.3 Å². The van der Waals surface area contributed by atoms with Gasteiger partial charge in [-0.25, -0.2) is 8.78 Å². The summed E-state index contributed by atoms with van der Waals surface area (Å²) in [6.45, 7) is 5.65. The second-order valence-corrected chi connectivity index (χ2v) is 8.60. The van der Waals surface area contributed by atoms with Gasteiger partial charge in [0.2, 0.25) is 11.7 Å². The first-order chi connectivity index (χ1) is 14.8. The first-order valence-corrected chi connectivity index (χ1v) is 10.6. The van der Waals surface area contributed by atoms with E-state index in [1.165, 1.54) is 17.8 Å². The molecule has 0 radical (unpaired) electrons. The summed E-state index contributed by atoms with van der Waals surface area (Å²) in [6.07, 6.45) is 0. The van der Waals surface area contributed by atoms with Crippen LogP contribution in [0.15, 0.2) is 58.1 Å². The molecule has 0 bridgehead atoms. The van der Waals surface area contributed by atoms with E-state index >= 15 is 0 Å². The van der Waals surface area contributed by atoms with Crippen molar-refractivity contribution in [2.24, 2.45) is 0 Å². The van der Waals surface area contributed by atoms with Crippen molar-refractivity contribution in [3.63, 3.8) is 0 Å². The Kier molecular flexibility index (Phi) is 5.77. The number of hydrogen-bond donors (Lipinski definition) is 1. The highest BCUT2D eigenvalue weighted by atomic mass is 32.2. The van der Waals surface area contributed by atoms with Gasteiger partial charge in [0, 0.05) is 17.5 Å². The number of para-hydroxylation sites is 1. The van der Waals surface area contributed by atoms with Crippen molar-refractivity contribution in [3.8, 4) is 11.6 Å². The zero-order valence-corrected chi connectivity index (χ0v) is 17.9. The zero-order valence-electron chi connectivity index (χ0n) is 17.1. The molecule has 0 fully saturated rings. The largest absolute Gasteiger partial charge is 0.453 e. The predicted octanol–water partition coefficient (Wildman–Crippen LogP) is 5.67. The Balaban J connectivity index is 1.57. The van der Waals surface area contributed by atoms with Crippen LogP contribution in [-0.2, 0) is 4.79 Å². The van der Waals surface area contributed by atoms with Crippen molar-refractivity contribution in [1.82, 2.24) is 14.8 Å². The molecule has 0 saturated carbocycles. The standard InChI is InChI=1S/C22H20F2N4O2S/c1-12(2)28-20(19-10-14-6-4-5-7-18(14)30-19)26-27-22(28)31-13(3)21(29)25-17-9-8-15(23)11-16(17)24/h4-13H,1-3H3,(H,25,29). The fraction of sp³-hybridized carbons (Fsp3) is 0.227. The number of hydrogen-bond acceptors (Lipinski definition) is 5. The lowest BCUT2D eigenvalue weighted by atomic mass is 10.2. The number of thioether (sulfide) groups is 1. The van der Waals surface area contributed by atoms with Gasteiger partial charge in [-0.2, -0.15) is 0 Å². The van der Waals surface area contributed by atoms with E-state index in [2.05, 4.69) is 15.5 Å². The third-order valence-electron chi connectivity index (χ3n) is 4.67. The SMILES string of the molecule is CC(Sc1nnc(-c2cc3ccccc3o2)n1C(C)C)C(=O)Nc1ccc(F)cc1F. The molecule has 0 aliphatic heterocycles. The van der Waals surface area contributed by atoms with E-state index in [1.807, 2.05) is 48.7 Å². The van der Waals surface area contributed by atoms with Gasteiger partial charge in [0.1, 0.15) is 17.2 Å². The lowest BCUT2D eigenvalue weighted by molar-refractivity contribution is -0.115. The van der Waals surface area contributed by atoms with E-state index in [1.54, 1.807) is 6.92 Å². The molecule has 1 amide bonds. The minimum atomic E-state index is -0.830. The number of carbonyl (C=O) groups is 1. The molecule has 4 aromatic rings. The van der Waals surface area contributed by atoms with Crippen LogP contribution >= 0.6 is 11.8 Å². The van der Waals surface area contributed by atoms with Crippen molar-refractivity contribution in [2.45, 2.75) is 37.2 Å². The van der Waals surface area contributed by atoms with Crippen molar-refractivity contribution in [3.05, 3.63) is 60.2 Å². The highest BCUT2D eigenvalue weighted by molar-refractivity contribution is 8.00. The van der Waals surface area contributed by atoms with Crippen LogP contribution in [0.25, 0.3) is 22.6 Å². The zero-order chi connectivity index (χ0) is 22.1. The molecule has 0 saturated heterocycles. The van der Waals surface area contributed by atoms with Gasteiger partial charge < -0.3 is 9.73 Å². The van der Waals surface area contributed by atoms with E-state index < -0.39 is 22.8 Å². The summed E-state index contributed by atoms with van der Waals surface area (Å²) < 4.78 is 34.8. The Morgan fingerprint density at radius 2 is 1.87 bits per heavy atom. The highest BCUT2D eigenvalue weighted by Gasteiger charge is 2.24. The van der Waals surface area contributed by atoms with Crippen LogP contribution < -0.4 is 5.32 Å². The maximum Gasteiger partial charge on any atom is 0.237 e. The minimum Gasteiger partial charge on any atom is -0.453 e. The maximum absolute atomic E-state index is 13.9. The van der Waals surface area contributed by atoms with Crippen LogP contribution in [0.2, 0.25) is 0 Å². The summed E-state index contributed by atoms with van der Waals surface area (Å²) >= 11 is 1.20. The third-order valence-corrected chi connectivity index (χ3v) is 5.72. The minimum absolute atomic E-state index is 0.00511. The monoisotopic (exact) mass is 442 g/mol. The van der Waals surface area contributed by atoms with Crippen LogP contribution in [0.1, 0.15) is 26.8 Å². The fourth-order valence-electron chi connectivity index (χ4n) is 3.12. The molecule has 1 N–H and O–H groups in total. The summed E-state index contributed by atoms with van der Waals surface area (Å²) in [5.74, 6) is -0.825. The van der Waals surface area contributed by atoms with Crippen LogP contribution in [0.4, 0.5) is 14.5 Å². The van der Waals surface area contributed by atoms with E-state index in [0.29, 0.717) is 16.7 Å². The molecular formula is C22H20F2N4O2S. The molecule has 9 heteroatoms. The molecule has 2 aromatic carbocycles. The second kappa shape index (κ2) is 8.50. The maximum atomic E-state index is 13.9. The van der Waals surface area contributed by atoms with Gasteiger partial charge in [0.15, 0.2) is 10.9 Å². The summed E-state index contributed by atoms with van der Waals surface area (Å²) in [4.78, 5) is 12.6. The number of rotatable bonds is 6. The molecular weight excluding hydrogens is 422 g/mol.